The summed E-state index contributed by atoms with van der Waals surface area (Å²) in [5.74, 6) is -1.67. The van der Waals surface area contributed by atoms with E-state index in [0.717, 1.165) is 5.56 Å². The van der Waals surface area contributed by atoms with Gasteiger partial charge in [-0.05, 0) is 5.56 Å². The summed E-state index contributed by atoms with van der Waals surface area (Å²) in [6, 6.07) is 9.37. The molecule has 0 spiro atoms. The molecule has 1 aliphatic heterocycles. The minimum atomic E-state index is -1.19. The Morgan fingerprint density at radius 2 is 1.88 bits per heavy atom. The molecule has 82 valence electrons. The van der Waals surface area contributed by atoms with Gasteiger partial charge in [-0.2, -0.15) is 0 Å². The molecular formula is C12H9ClO3. The van der Waals surface area contributed by atoms with Crippen LogP contribution in [0.1, 0.15) is 12.5 Å². The molecule has 2 fully saturated rings. The summed E-state index contributed by atoms with van der Waals surface area (Å²) in [5.41, 5.74) is 0.280. The first-order chi connectivity index (χ1) is 7.53. The maximum absolute atomic E-state index is 11.6. The van der Waals surface area contributed by atoms with E-state index in [4.69, 9.17) is 11.6 Å². The number of fused-ring (bicyclic) bond motifs is 1. The molecular weight excluding hydrogens is 228 g/mol. The third-order valence-electron chi connectivity index (χ3n) is 3.75. The number of hydrogen-bond acceptors (Lipinski definition) is 3. The van der Waals surface area contributed by atoms with Crippen LogP contribution >= 0.6 is 11.6 Å². The Labute approximate surface area is 97.3 Å². The summed E-state index contributed by atoms with van der Waals surface area (Å²) >= 11 is 6.23. The zero-order chi connectivity index (χ0) is 11.6. The summed E-state index contributed by atoms with van der Waals surface area (Å²) in [6.07, 6.45) is 0. The topological polar surface area (TPSA) is 43.4 Å². The smallest absolute Gasteiger partial charge is 0.336 e. The Morgan fingerprint density at radius 3 is 2.38 bits per heavy atom. The van der Waals surface area contributed by atoms with E-state index in [1.165, 1.54) is 0 Å². The lowest BCUT2D eigenvalue weighted by molar-refractivity contribution is -0.156. The van der Waals surface area contributed by atoms with Gasteiger partial charge in [-0.25, -0.2) is 4.79 Å². The highest BCUT2D eigenvalue weighted by molar-refractivity contribution is 6.43. The van der Waals surface area contributed by atoms with Gasteiger partial charge in [0.15, 0.2) is 4.87 Å². The number of cyclic esters (lactones) is 2. The number of benzene rings is 1. The number of rotatable bonds is 1. The quantitative estimate of drug-likeness (QED) is 0.423. The van der Waals surface area contributed by atoms with E-state index in [-0.39, 0.29) is 0 Å². The number of esters is 2. The third kappa shape index (κ3) is 0.824. The molecule has 1 heterocycles. The molecule has 3 unspecified atom stereocenters. The van der Waals surface area contributed by atoms with Gasteiger partial charge in [-0.15, -0.1) is 11.6 Å². The van der Waals surface area contributed by atoms with Crippen molar-refractivity contribution in [3.8, 4) is 0 Å². The second-order valence-electron chi connectivity index (χ2n) is 4.42. The van der Waals surface area contributed by atoms with E-state index in [9.17, 15) is 9.59 Å². The van der Waals surface area contributed by atoms with Crippen LogP contribution in [0.2, 0.25) is 0 Å². The number of alkyl halides is 1. The molecule has 0 bridgehead atoms. The van der Waals surface area contributed by atoms with E-state index in [1.807, 2.05) is 37.3 Å². The SMILES string of the molecule is CC1(c2ccccc2)C2C(=O)OC(=O)C21Cl. The molecule has 4 heteroatoms. The van der Waals surface area contributed by atoms with E-state index in [2.05, 4.69) is 4.74 Å². The van der Waals surface area contributed by atoms with Crippen molar-refractivity contribution < 1.29 is 14.3 Å². The Bertz CT molecular complexity index is 498. The molecule has 1 aliphatic carbocycles. The standard InChI is InChI=1S/C12H9ClO3/c1-11(7-5-3-2-4-6-7)8-9(14)16-10(15)12(8,11)13/h2-6,8H,1H3. The molecule has 0 aromatic heterocycles. The predicted octanol–water partition coefficient (Wildman–Crippen LogP) is 1.64. The van der Waals surface area contributed by atoms with Crippen molar-refractivity contribution in [1.82, 2.24) is 0 Å². The normalized spacial score (nSPS) is 40.5. The van der Waals surface area contributed by atoms with Crippen LogP contribution in [-0.2, 0) is 19.7 Å². The first-order valence-corrected chi connectivity index (χ1v) is 5.41. The van der Waals surface area contributed by atoms with Gasteiger partial charge in [0.25, 0.3) is 0 Å². The molecule has 3 nitrogen and oxygen atoms in total. The van der Waals surface area contributed by atoms with Crippen LogP contribution in [0.25, 0.3) is 0 Å². The van der Waals surface area contributed by atoms with E-state index in [1.54, 1.807) is 0 Å². The number of hydrogen-bond donors (Lipinski definition) is 0. The average molecular weight is 237 g/mol. The number of carbonyl (C=O) groups excluding carboxylic acids is 2. The van der Waals surface area contributed by atoms with Crippen molar-refractivity contribution in [2.24, 2.45) is 5.92 Å². The maximum atomic E-state index is 11.6. The van der Waals surface area contributed by atoms with E-state index in [0.29, 0.717) is 0 Å². The van der Waals surface area contributed by atoms with Crippen LogP contribution in [0.3, 0.4) is 0 Å². The van der Waals surface area contributed by atoms with Crippen LogP contribution in [0.5, 0.6) is 0 Å². The lowest BCUT2D eigenvalue weighted by Gasteiger charge is -2.16. The average Bonchev–Trinajstić information content (AvgIpc) is 2.69. The lowest BCUT2D eigenvalue weighted by Crippen LogP contribution is -2.27. The fourth-order valence-corrected chi connectivity index (χ4v) is 3.20. The molecule has 0 radical (unpaired) electrons. The molecule has 16 heavy (non-hydrogen) atoms. The highest BCUT2D eigenvalue weighted by Gasteiger charge is 2.86. The molecule has 2 aliphatic rings. The number of ether oxygens (including phenoxy) is 1. The summed E-state index contributed by atoms with van der Waals surface area (Å²) in [4.78, 5) is 21.9. The van der Waals surface area contributed by atoms with E-state index >= 15 is 0 Å². The van der Waals surface area contributed by atoms with E-state index < -0.39 is 28.1 Å². The predicted molar refractivity (Wildman–Crippen MR) is 57.0 cm³/mol. The molecule has 1 saturated carbocycles. The first kappa shape index (κ1) is 9.85. The maximum Gasteiger partial charge on any atom is 0.336 e. The van der Waals surface area contributed by atoms with Gasteiger partial charge in [0.1, 0.15) is 0 Å². The highest BCUT2D eigenvalue weighted by Crippen LogP contribution is 2.70. The van der Waals surface area contributed by atoms with Crippen molar-refractivity contribution in [3.05, 3.63) is 35.9 Å². The lowest BCUT2D eigenvalue weighted by atomic mass is 9.93. The van der Waals surface area contributed by atoms with Gasteiger partial charge in [-0.3, -0.25) is 4.79 Å². The van der Waals surface area contributed by atoms with Gasteiger partial charge >= 0.3 is 11.9 Å². The van der Waals surface area contributed by atoms with Crippen LogP contribution in [0.4, 0.5) is 0 Å². The zero-order valence-electron chi connectivity index (χ0n) is 8.57. The number of halogens is 1. The Kier molecular flexibility index (Phi) is 1.64. The van der Waals surface area contributed by atoms with Gasteiger partial charge < -0.3 is 4.74 Å². The second kappa shape index (κ2) is 2.66. The second-order valence-corrected chi connectivity index (χ2v) is 5.02. The van der Waals surface area contributed by atoms with Crippen molar-refractivity contribution in [2.45, 2.75) is 17.2 Å². The minimum Gasteiger partial charge on any atom is -0.391 e. The summed E-state index contributed by atoms with van der Waals surface area (Å²) in [5, 5.41) is 0. The van der Waals surface area contributed by atoms with Gasteiger partial charge in [0.05, 0.1) is 5.92 Å². The molecule has 1 aromatic carbocycles. The fourth-order valence-electron chi connectivity index (χ4n) is 2.69. The Morgan fingerprint density at radius 1 is 1.25 bits per heavy atom. The Balaban J connectivity index is 2.12. The summed E-state index contributed by atoms with van der Waals surface area (Å²) < 4.78 is 4.53. The summed E-state index contributed by atoms with van der Waals surface area (Å²) in [7, 11) is 0. The molecule has 3 rings (SSSR count). The van der Waals surface area contributed by atoms with Crippen molar-refractivity contribution in [1.29, 1.82) is 0 Å². The number of carbonyl (C=O) groups is 2. The van der Waals surface area contributed by atoms with Gasteiger partial charge in [0, 0.05) is 5.41 Å². The minimum absolute atomic E-state index is 0.508. The molecule has 1 saturated heterocycles. The van der Waals surface area contributed by atoms with Gasteiger partial charge in [0.2, 0.25) is 0 Å². The van der Waals surface area contributed by atoms with Crippen LogP contribution in [-0.4, -0.2) is 16.8 Å². The van der Waals surface area contributed by atoms with Crippen LogP contribution in [0.15, 0.2) is 30.3 Å². The molecule has 1 aromatic rings. The van der Waals surface area contributed by atoms with Gasteiger partial charge in [-0.1, -0.05) is 37.3 Å². The monoisotopic (exact) mass is 236 g/mol. The highest BCUT2D eigenvalue weighted by atomic mass is 35.5. The third-order valence-corrected chi connectivity index (χ3v) is 4.51. The van der Waals surface area contributed by atoms with Crippen LogP contribution in [0, 0.1) is 5.92 Å². The Hall–Kier alpha value is -1.35. The van der Waals surface area contributed by atoms with Crippen molar-refractivity contribution in [3.63, 3.8) is 0 Å². The molecule has 0 amide bonds. The molecule has 3 atom stereocenters. The largest absolute Gasteiger partial charge is 0.391 e. The summed E-state index contributed by atoms with van der Waals surface area (Å²) in [6.45, 7) is 1.83. The fraction of sp³-hybridized carbons (Fsp3) is 0.333. The first-order valence-electron chi connectivity index (χ1n) is 5.03. The van der Waals surface area contributed by atoms with Crippen LogP contribution < -0.4 is 0 Å². The zero-order valence-corrected chi connectivity index (χ0v) is 9.32. The van der Waals surface area contributed by atoms with Crippen molar-refractivity contribution >= 4 is 23.5 Å². The molecule has 0 N–H and O–H groups in total. The van der Waals surface area contributed by atoms with Crippen molar-refractivity contribution in [2.75, 3.05) is 0 Å².